The maximum absolute atomic E-state index is 9.54. The molecule has 0 aliphatic rings. The summed E-state index contributed by atoms with van der Waals surface area (Å²) in [6, 6.07) is 38.4. The van der Waals surface area contributed by atoms with E-state index in [-0.39, 0.29) is 29.0 Å². The van der Waals surface area contributed by atoms with Gasteiger partial charge in [0.1, 0.15) is 0 Å². The van der Waals surface area contributed by atoms with Gasteiger partial charge in [0.05, 0.1) is 12.3 Å². The molecule has 0 aliphatic carbocycles. The quantitative estimate of drug-likeness (QED) is 0.176. The van der Waals surface area contributed by atoms with Crippen molar-refractivity contribution in [3.63, 3.8) is 0 Å². The van der Waals surface area contributed by atoms with Gasteiger partial charge >= 0.3 is 0 Å². The lowest BCUT2D eigenvalue weighted by Crippen LogP contribution is -2.09. The molecule has 0 spiro atoms. The SMILES string of the molecule is [2H]c1c([2H])c([2H])c(N(c2cccc(-c3cc4ccccc4c4ccccc34)c2)c2c([2H])c([2H])c(-c3cc4ccccc4c4ccccc34)c([2H])c2[2H])c([2H])c1[2H]. The van der Waals surface area contributed by atoms with Crippen LogP contribution in [-0.4, -0.2) is 0 Å². The molecule has 0 bridgehead atoms. The van der Waals surface area contributed by atoms with E-state index in [0.29, 0.717) is 11.3 Å². The molecule has 0 unspecified atom stereocenters. The predicted octanol–water partition coefficient (Wildman–Crippen LogP) is 13.1. The maximum Gasteiger partial charge on any atom is 0.0645 e. The first-order valence-electron chi connectivity index (χ1n) is 20.0. The molecule has 0 saturated heterocycles. The molecular weight excluding hydrogens is 567 g/mol. The van der Waals surface area contributed by atoms with Crippen LogP contribution in [-0.2, 0) is 0 Å². The Balaban J connectivity index is 1.34. The Kier molecular flexibility index (Phi) is 4.66. The first-order chi connectivity index (χ1) is 27.1. The van der Waals surface area contributed by atoms with Crippen LogP contribution >= 0.6 is 0 Å². The van der Waals surface area contributed by atoms with Crippen LogP contribution in [0.15, 0.2) is 188 Å². The molecule has 9 aromatic carbocycles. The summed E-state index contributed by atoms with van der Waals surface area (Å²) >= 11 is 0. The van der Waals surface area contributed by atoms with Gasteiger partial charge in [-0.05, 0) is 114 Å². The highest BCUT2D eigenvalue weighted by atomic mass is 15.1. The second kappa shape index (κ2) is 11.3. The molecule has 0 heterocycles. The molecule has 0 atom stereocenters. The van der Waals surface area contributed by atoms with Crippen LogP contribution in [0.25, 0.3) is 65.3 Å². The van der Waals surface area contributed by atoms with Crippen molar-refractivity contribution in [3.05, 3.63) is 188 Å². The summed E-state index contributed by atoms with van der Waals surface area (Å²) in [7, 11) is 0. The summed E-state index contributed by atoms with van der Waals surface area (Å²) in [5, 5.41) is 7.67. The summed E-state index contributed by atoms with van der Waals surface area (Å²) < 4.78 is 81.6. The molecule has 0 N–H and O–H groups in total. The predicted molar refractivity (Wildman–Crippen MR) is 202 cm³/mol. The summed E-state index contributed by atoms with van der Waals surface area (Å²) in [5.74, 6) is 0. The van der Waals surface area contributed by atoms with Crippen LogP contribution in [0.2, 0.25) is 0 Å². The van der Waals surface area contributed by atoms with Crippen molar-refractivity contribution in [3.8, 4) is 22.3 Å². The third-order valence-corrected chi connectivity index (χ3v) is 8.77. The molecule has 0 amide bonds. The van der Waals surface area contributed by atoms with Crippen molar-refractivity contribution in [1.82, 2.24) is 0 Å². The smallest absolute Gasteiger partial charge is 0.0645 e. The minimum Gasteiger partial charge on any atom is -0.310 e. The summed E-state index contributed by atoms with van der Waals surface area (Å²) in [6.45, 7) is 0. The van der Waals surface area contributed by atoms with Crippen molar-refractivity contribution < 1.29 is 12.3 Å². The fourth-order valence-corrected chi connectivity index (χ4v) is 6.64. The largest absolute Gasteiger partial charge is 0.310 e. The van der Waals surface area contributed by atoms with Crippen molar-refractivity contribution in [1.29, 1.82) is 0 Å². The van der Waals surface area contributed by atoms with Crippen LogP contribution in [0, 0.1) is 0 Å². The van der Waals surface area contributed by atoms with E-state index in [2.05, 4.69) is 18.2 Å². The van der Waals surface area contributed by atoms with Crippen molar-refractivity contribution in [2.75, 3.05) is 4.90 Å². The Morgan fingerprint density at radius 3 is 1.43 bits per heavy atom. The van der Waals surface area contributed by atoms with Crippen LogP contribution < -0.4 is 4.90 Å². The molecule has 1 heteroatoms. The molecule has 0 fully saturated rings. The second-order valence-electron chi connectivity index (χ2n) is 11.5. The number of benzene rings is 9. The van der Waals surface area contributed by atoms with Gasteiger partial charge in [-0.1, -0.05) is 139 Å². The Morgan fingerprint density at radius 2 is 0.830 bits per heavy atom. The zero-order valence-corrected chi connectivity index (χ0v) is 25.1. The molecule has 220 valence electrons. The van der Waals surface area contributed by atoms with Gasteiger partial charge in [0, 0.05) is 17.1 Å². The lowest BCUT2D eigenvalue weighted by molar-refractivity contribution is 1.28. The van der Waals surface area contributed by atoms with Gasteiger partial charge in [-0.3, -0.25) is 0 Å². The number of fused-ring (bicyclic) bond motifs is 6. The van der Waals surface area contributed by atoms with Gasteiger partial charge in [-0.25, -0.2) is 0 Å². The van der Waals surface area contributed by atoms with E-state index >= 15 is 0 Å². The maximum atomic E-state index is 9.54. The first-order valence-corrected chi connectivity index (χ1v) is 15.5. The van der Waals surface area contributed by atoms with Gasteiger partial charge in [0.25, 0.3) is 0 Å². The summed E-state index contributed by atoms with van der Waals surface area (Å²) in [4.78, 5) is 1.29. The number of hydrogen-bond donors (Lipinski definition) is 0. The molecule has 0 radical (unpaired) electrons. The minimum absolute atomic E-state index is 0.100. The standard InChI is InChI=1S/C46H31N/c1-2-16-36(17-3-1)47(37-27-25-32(26-28-37)45-30-34-13-4-6-19-39(34)41-21-8-10-23-43(41)45)38-18-12-15-33(29-38)46-31-35-14-5-7-20-40(35)42-22-9-11-24-44(42)46/h1-31H/i1D,2D,3D,16D,17D,25D,26D,27D,28D. The van der Waals surface area contributed by atoms with Gasteiger partial charge in [-0.2, -0.15) is 0 Å². The van der Waals surface area contributed by atoms with E-state index < -0.39 is 42.3 Å². The van der Waals surface area contributed by atoms with Crippen LogP contribution in [0.5, 0.6) is 0 Å². The van der Waals surface area contributed by atoms with Crippen molar-refractivity contribution >= 4 is 60.2 Å². The molecule has 0 saturated carbocycles. The third-order valence-electron chi connectivity index (χ3n) is 8.77. The van der Waals surface area contributed by atoms with Gasteiger partial charge in [0.2, 0.25) is 0 Å². The second-order valence-corrected chi connectivity index (χ2v) is 11.5. The fraction of sp³-hybridized carbons (Fsp3) is 0. The zero-order chi connectivity index (χ0) is 39.0. The highest BCUT2D eigenvalue weighted by Gasteiger charge is 2.16. The van der Waals surface area contributed by atoms with E-state index in [0.717, 1.165) is 54.2 Å². The van der Waals surface area contributed by atoms with Crippen LogP contribution in [0.3, 0.4) is 0 Å². The van der Waals surface area contributed by atoms with E-state index in [9.17, 15) is 5.48 Å². The van der Waals surface area contributed by atoms with Crippen molar-refractivity contribution in [2.24, 2.45) is 0 Å². The molecule has 1 nitrogen and oxygen atoms in total. The lowest BCUT2D eigenvalue weighted by atomic mass is 9.93. The number of anilines is 3. The molecule has 0 aliphatic heterocycles. The topological polar surface area (TPSA) is 3.24 Å². The summed E-state index contributed by atoms with van der Waals surface area (Å²) in [6.07, 6.45) is 0. The first kappa shape index (κ1) is 19.4. The average molecular weight is 607 g/mol. The normalized spacial score (nSPS) is 14.1. The fourth-order valence-electron chi connectivity index (χ4n) is 6.64. The van der Waals surface area contributed by atoms with Gasteiger partial charge in [-0.15, -0.1) is 0 Å². The molecule has 9 rings (SSSR count). The monoisotopic (exact) mass is 606 g/mol. The average Bonchev–Trinajstić information content (AvgIpc) is 3.23. The van der Waals surface area contributed by atoms with Crippen LogP contribution in [0.1, 0.15) is 12.3 Å². The van der Waals surface area contributed by atoms with Crippen LogP contribution in [0.4, 0.5) is 17.1 Å². The van der Waals surface area contributed by atoms with E-state index in [1.807, 2.05) is 97.1 Å². The number of nitrogens with zero attached hydrogens (tertiary/aromatic N) is 1. The Bertz CT molecular complexity index is 3050. The van der Waals surface area contributed by atoms with Gasteiger partial charge in [0.15, 0.2) is 0 Å². The number of hydrogen-bond acceptors (Lipinski definition) is 1. The molecule has 9 aromatic rings. The molecular formula is C46H31N. The summed E-state index contributed by atoms with van der Waals surface area (Å²) in [5.41, 5.74) is 2.03. The Hall–Kier alpha value is -6.18. The van der Waals surface area contributed by atoms with E-state index in [1.54, 1.807) is 18.2 Å². The third kappa shape index (κ3) is 4.72. The Morgan fingerprint density at radius 1 is 0.340 bits per heavy atom. The van der Waals surface area contributed by atoms with E-state index in [1.165, 1.54) is 4.90 Å². The molecule has 0 aromatic heterocycles. The number of rotatable bonds is 5. The van der Waals surface area contributed by atoms with E-state index in [4.69, 9.17) is 6.85 Å². The highest BCUT2D eigenvalue weighted by Crippen LogP contribution is 2.41. The number of para-hydroxylation sites is 1. The lowest BCUT2D eigenvalue weighted by Gasteiger charge is -2.26. The van der Waals surface area contributed by atoms with Gasteiger partial charge < -0.3 is 4.90 Å². The van der Waals surface area contributed by atoms with Crippen molar-refractivity contribution in [2.45, 2.75) is 0 Å². The minimum atomic E-state index is -0.586. The zero-order valence-electron chi connectivity index (χ0n) is 34.1. The Labute approximate surface area is 287 Å². The molecule has 47 heavy (non-hydrogen) atoms. The highest BCUT2D eigenvalue weighted by molar-refractivity contribution is 6.15.